The molecule has 0 unspecified atom stereocenters. The Kier molecular flexibility index (Phi) is 5.21. The summed E-state index contributed by atoms with van der Waals surface area (Å²) in [5.41, 5.74) is 0. The summed E-state index contributed by atoms with van der Waals surface area (Å²) in [5, 5.41) is 3.18. The first-order valence-corrected chi connectivity index (χ1v) is 7.36. The Morgan fingerprint density at radius 2 is 2.19 bits per heavy atom. The quantitative estimate of drug-likeness (QED) is 0.700. The molecule has 1 fully saturated rings. The van der Waals surface area contributed by atoms with Crippen LogP contribution in [0.3, 0.4) is 0 Å². The van der Waals surface area contributed by atoms with Gasteiger partial charge in [0.2, 0.25) is 0 Å². The minimum atomic E-state index is -3.15. The fourth-order valence-corrected chi connectivity index (χ4v) is 3.34. The number of piperidine rings is 1. The fourth-order valence-electron chi connectivity index (χ4n) is 1.80. The maximum atomic E-state index is 11.7. The van der Waals surface area contributed by atoms with Gasteiger partial charge >= 0.3 is 5.97 Å². The molecule has 1 aliphatic rings. The first-order chi connectivity index (χ1) is 7.53. The normalized spacial score (nSPS) is 21.7. The SMILES string of the molecule is COC(=O)CCS(=O)(=O)C[C@@H]1CCCCN1. The summed E-state index contributed by atoms with van der Waals surface area (Å²) in [6, 6.07) is 0.0522. The van der Waals surface area contributed by atoms with Gasteiger partial charge in [0.15, 0.2) is 9.84 Å². The highest BCUT2D eigenvalue weighted by Crippen LogP contribution is 2.10. The summed E-state index contributed by atoms with van der Waals surface area (Å²) in [6.45, 7) is 0.886. The van der Waals surface area contributed by atoms with E-state index in [2.05, 4.69) is 10.1 Å². The van der Waals surface area contributed by atoms with Crippen molar-refractivity contribution in [3.05, 3.63) is 0 Å². The Morgan fingerprint density at radius 3 is 2.75 bits per heavy atom. The van der Waals surface area contributed by atoms with Crippen molar-refractivity contribution in [2.45, 2.75) is 31.7 Å². The largest absolute Gasteiger partial charge is 0.469 e. The predicted octanol–water partition coefficient (Wildman–Crippen LogP) is 0.106. The summed E-state index contributed by atoms with van der Waals surface area (Å²) in [5.74, 6) is -0.456. The van der Waals surface area contributed by atoms with Crippen molar-refractivity contribution < 1.29 is 17.9 Å². The highest BCUT2D eigenvalue weighted by molar-refractivity contribution is 7.91. The minimum Gasteiger partial charge on any atom is -0.469 e. The van der Waals surface area contributed by atoms with Crippen molar-refractivity contribution in [2.75, 3.05) is 25.2 Å². The number of methoxy groups -OCH3 is 1. The molecular formula is C10H19NO4S. The highest BCUT2D eigenvalue weighted by atomic mass is 32.2. The van der Waals surface area contributed by atoms with Crippen LogP contribution in [0.5, 0.6) is 0 Å². The molecule has 0 aromatic rings. The van der Waals surface area contributed by atoms with Crippen molar-refractivity contribution in [1.29, 1.82) is 0 Å². The smallest absolute Gasteiger partial charge is 0.306 e. The monoisotopic (exact) mass is 249 g/mol. The van der Waals surface area contributed by atoms with Crippen LogP contribution >= 0.6 is 0 Å². The molecule has 6 heteroatoms. The summed E-state index contributed by atoms with van der Waals surface area (Å²) >= 11 is 0. The van der Waals surface area contributed by atoms with E-state index in [-0.39, 0.29) is 24.0 Å². The van der Waals surface area contributed by atoms with Crippen LogP contribution in [-0.4, -0.2) is 45.6 Å². The van der Waals surface area contributed by atoms with Gasteiger partial charge in [-0.15, -0.1) is 0 Å². The first-order valence-electron chi connectivity index (χ1n) is 5.54. The van der Waals surface area contributed by atoms with E-state index in [1.165, 1.54) is 7.11 Å². The average molecular weight is 249 g/mol. The second-order valence-electron chi connectivity index (χ2n) is 4.09. The van der Waals surface area contributed by atoms with E-state index in [9.17, 15) is 13.2 Å². The van der Waals surface area contributed by atoms with Gasteiger partial charge in [-0.05, 0) is 19.4 Å². The number of hydrogen-bond donors (Lipinski definition) is 1. The van der Waals surface area contributed by atoms with Gasteiger partial charge in [0.05, 0.1) is 25.0 Å². The molecule has 0 radical (unpaired) electrons. The summed E-state index contributed by atoms with van der Waals surface area (Å²) in [7, 11) is -1.89. The minimum absolute atomic E-state index is 0.0500. The van der Waals surface area contributed by atoms with Gasteiger partial charge in [0, 0.05) is 6.04 Å². The Balaban J connectivity index is 2.35. The van der Waals surface area contributed by atoms with Gasteiger partial charge < -0.3 is 10.1 Å². The fraction of sp³-hybridized carbons (Fsp3) is 0.900. The van der Waals surface area contributed by atoms with Crippen LogP contribution in [0.25, 0.3) is 0 Å². The standard InChI is InChI=1S/C10H19NO4S/c1-15-10(12)5-7-16(13,14)8-9-4-2-3-6-11-9/h9,11H,2-8H2,1H3/t9-/m0/s1. The molecule has 0 amide bonds. The maximum Gasteiger partial charge on any atom is 0.306 e. The van der Waals surface area contributed by atoms with Gasteiger partial charge in [-0.1, -0.05) is 6.42 Å². The summed E-state index contributed by atoms with van der Waals surface area (Å²) in [6.07, 6.45) is 3.03. The summed E-state index contributed by atoms with van der Waals surface area (Å²) in [4.78, 5) is 10.8. The van der Waals surface area contributed by atoms with Crippen LogP contribution in [0.15, 0.2) is 0 Å². The van der Waals surface area contributed by atoms with E-state index >= 15 is 0 Å². The molecule has 0 aromatic heterocycles. The molecule has 1 aliphatic heterocycles. The van der Waals surface area contributed by atoms with E-state index < -0.39 is 15.8 Å². The lowest BCUT2D eigenvalue weighted by atomic mass is 10.1. The zero-order valence-electron chi connectivity index (χ0n) is 9.57. The van der Waals surface area contributed by atoms with E-state index in [4.69, 9.17) is 0 Å². The lowest BCUT2D eigenvalue weighted by Crippen LogP contribution is -2.40. The Hall–Kier alpha value is -0.620. The van der Waals surface area contributed by atoms with Crippen molar-refractivity contribution in [3.8, 4) is 0 Å². The van der Waals surface area contributed by atoms with Crippen LogP contribution in [-0.2, 0) is 19.4 Å². The number of ether oxygens (including phenoxy) is 1. The van der Waals surface area contributed by atoms with Crippen LogP contribution in [0.2, 0.25) is 0 Å². The van der Waals surface area contributed by atoms with E-state index in [0.717, 1.165) is 25.8 Å². The molecule has 0 aliphatic carbocycles. The van der Waals surface area contributed by atoms with Crippen molar-refractivity contribution in [3.63, 3.8) is 0 Å². The van der Waals surface area contributed by atoms with Crippen LogP contribution in [0.1, 0.15) is 25.7 Å². The van der Waals surface area contributed by atoms with Crippen LogP contribution in [0.4, 0.5) is 0 Å². The van der Waals surface area contributed by atoms with E-state index in [1.807, 2.05) is 0 Å². The summed E-state index contributed by atoms with van der Waals surface area (Å²) < 4.78 is 27.8. The highest BCUT2D eigenvalue weighted by Gasteiger charge is 2.21. The molecule has 0 aromatic carbocycles. The van der Waals surface area contributed by atoms with Gasteiger partial charge in [0.25, 0.3) is 0 Å². The molecule has 1 atom stereocenters. The van der Waals surface area contributed by atoms with Gasteiger partial charge in [-0.2, -0.15) is 0 Å². The molecule has 16 heavy (non-hydrogen) atoms. The lowest BCUT2D eigenvalue weighted by Gasteiger charge is -2.23. The lowest BCUT2D eigenvalue weighted by molar-refractivity contribution is -0.140. The van der Waals surface area contributed by atoms with Gasteiger partial charge in [0.1, 0.15) is 0 Å². The third-order valence-corrected chi connectivity index (χ3v) is 4.45. The molecule has 0 saturated carbocycles. The Bertz CT molecular complexity index is 320. The third kappa shape index (κ3) is 4.94. The zero-order valence-corrected chi connectivity index (χ0v) is 10.4. The van der Waals surface area contributed by atoms with E-state index in [1.54, 1.807) is 0 Å². The Labute approximate surface area is 96.5 Å². The maximum absolute atomic E-state index is 11.7. The van der Waals surface area contributed by atoms with E-state index in [0.29, 0.717) is 0 Å². The number of hydrogen-bond acceptors (Lipinski definition) is 5. The number of nitrogens with one attached hydrogen (secondary N) is 1. The molecule has 1 heterocycles. The second kappa shape index (κ2) is 6.20. The number of sulfone groups is 1. The van der Waals surface area contributed by atoms with Gasteiger partial charge in [-0.25, -0.2) is 8.42 Å². The van der Waals surface area contributed by atoms with Gasteiger partial charge in [-0.3, -0.25) is 4.79 Å². The number of carbonyl (C=O) groups is 1. The second-order valence-corrected chi connectivity index (χ2v) is 6.32. The molecule has 0 bridgehead atoms. The van der Waals surface area contributed by atoms with Crippen molar-refractivity contribution >= 4 is 15.8 Å². The molecular weight excluding hydrogens is 230 g/mol. The molecule has 94 valence electrons. The zero-order chi connectivity index (χ0) is 12.0. The molecule has 0 spiro atoms. The van der Waals surface area contributed by atoms with Crippen LogP contribution < -0.4 is 5.32 Å². The number of esters is 1. The average Bonchev–Trinajstić information content (AvgIpc) is 2.27. The topological polar surface area (TPSA) is 72.5 Å². The number of carbonyl (C=O) groups excluding carboxylic acids is 1. The third-order valence-electron chi connectivity index (χ3n) is 2.71. The molecule has 1 saturated heterocycles. The predicted molar refractivity (Wildman–Crippen MR) is 60.9 cm³/mol. The van der Waals surface area contributed by atoms with Crippen molar-refractivity contribution in [1.82, 2.24) is 5.32 Å². The molecule has 1 rings (SSSR count). The van der Waals surface area contributed by atoms with Crippen LogP contribution in [0, 0.1) is 0 Å². The van der Waals surface area contributed by atoms with Crippen molar-refractivity contribution in [2.24, 2.45) is 0 Å². The molecule has 1 N–H and O–H groups in total. The molecule has 5 nitrogen and oxygen atoms in total. The number of rotatable bonds is 5. The first kappa shape index (κ1) is 13.4. The Morgan fingerprint density at radius 1 is 1.44 bits per heavy atom.